The Balaban J connectivity index is 1.85. The van der Waals surface area contributed by atoms with Crippen LogP contribution >= 0.6 is 0 Å². The van der Waals surface area contributed by atoms with E-state index in [-0.39, 0.29) is 5.91 Å². The Hall–Kier alpha value is -2.30. The van der Waals surface area contributed by atoms with E-state index in [1.54, 1.807) is 45.0 Å². The predicted octanol–water partition coefficient (Wildman–Crippen LogP) is 4.65. The summed E-state index contributed by atoms with van der Waals surface area (Å²) >= 11 is 0. The molecule has 1 aliphatic rings. The monoisotopic (exact) mass is 344 g/mol. The van der Waals surface area contributed by atoms with Gasteiger partial charge >= 0.3 is 6.09 Å². The van der Waals surface area contributed by atoms with Crippen molar-refractivity contribution in [1.82, 2.24) is 5.32 Å². The Labute approximate surface area is 149 Å². The summed E-state index contributed by atoms with van der Waals surface area (Å²) in [6, 6.07) is 6.85. The number of benzene rings is 1. The molecule has 2 amide bonds. The second kappa shape index (κ2) is 8.70. The fourth-order valence-corrected chi connectivity index (χ4v) is 2.73. The molecule has 0 unspecified atom stereocenters. The molecule has 0 spiro atoms. The maximum absolute atomic E-state index is 12.3. The summed E-state index contributed by atoms with van der Waals surface area (Å²) in [7, 11) is 0. The van der Waals surface area contributed by atoms with E-state index in [9.17, 15) is 9.59 Å². The molecule has 0 bridgehead atoms. The molecule has 1 aliphatic carbocycles. The molecule has 0 saturated carbocycles. The summed E-state index contributed by atoms with van der Waals surface area (Å²) < 4.78 is 5.22. The molecule has 2 rings (SSSR count). The summed E-state index contributed by atoms with van der Waals surface area (Å²) in [5, 5.41) is 5.59. The van der Waals surface area contributed by atoms with Crippen LogP contribution in [0.4, 0.5) is 10.5 Å². The van der Waals surface area contributed by atoms with Crippen LogP contribution in [0.1, 0.15) is 63.2 Å². The first-order chi connectivity index (χ1) is 11.8. The van der Waals surface area contributed by atoms with Crippen LogP contribution < -0.4 is 10.6 Å². The zero-order chi connectivity index (χ0) is 18.3. The molecule has 0 aromatic heterocycles. The van der Waals surface area contributed by atoms with Crippen molar-refractivity contribution in [1.29, 1.82) is 0 Å². The van der Waals surface area contributed by atoms with E-state index in [2.05, 4.69) is 16.7 Å². The van der Waals surface area contributed by atoms with Crippen LogP contribution in [-0.4, -0.2) is 24.1 Å². The lowest BCUT2D eigenvalue weighted by atomic mass is 9.97. The van der Waals surface area contributed by atoms with E-state index < -0.39 is 11.7 Å². The lowest BCUT2D eigenvalue weighted by Gasteiger charge is -2.19. The van der Waals surface area contributed by atoms with Crippen LogP contribution in [0.3, 0.4) is 0 Å². The van der Waals surface area contributed by atoms with Gasteiger partial charge < -0.3 is 10.1 Å². The fraction of sp³-hybridized carbons (Fsp3) is 0.500. The van der Waals surface area contributed by atoms with Gasteiger partial charge in [-0.2, -0.15) is 0 Å². The minimum Gasteiger partial charge on any atom is -0.444 e. The number of carbonyl (C=O) groups excluding carboxylic acids is 2. The second-order valence-electron chi connectivity index (χ2n) is 7.32. The van der Waals surface area contributed by atoms with Crippen LogP contribution in [0.2, 0.25) is 0 Å². The Morgan fingerprint density at radius 1 is 1.20 bits per heavy atom. The van der Waals surface area contributed by atoms with Crippen LogP contribution in [0.15, 0.2) is 35.9 Å². The topological polar surface area (TPSA) is 67.4 Å². The number of allylic oxidation sites excluding steroid dienone is 1. The molecule has 0 atom stereocenters. The molecule has 0 heterocycles. The summed E-state index contributed by atoms with van der Waals surface area (Å²) in [5.41, 5.74) is 1.93. The molecule has 0 saturated heterocycles. The van der Waals surface area contributed by atoms with Gasteiger partial charge in [-0.1, -0.05) is 17.7 Å². The van der Waals surface area contributed by atoms with Crippen molar-refractivity contribution in [2.75, 3.05) is 11.9 Å². The predicted molar refractivity (Wildman–Crippen MR) is 99.8 cm³/mol. The lowest BCUT2D eigenvalue weighted by Crippen LogP contribution is -2.27. The van der Waals surface area contributed by atoms with Crippen LogP contribution in [0, 0.1) is 0 Å². The zero-order valence-electron chi connectivity index (χ0n) is 15.4. The molecule has 1 aromatic rings. The quantitative estimate of drug-likeness (QED) is 0.764. The SMILES string of the molecule is CC(C)(C)OC(=O)Nc1cccc(C(=O)NCCC2=CCCCC2)c1. The van der Waals surface area contributed by atoms with Crippen LogP contribution in [0.25, 0.3) is 0 Å². The maximum atomic E-state index is 12.3. The zero-order valence-corrected chi connectivity index (χ0v) is 15.4. The van der Waals surface area contributed by atoms with Crippen molar-refractivity contribution >= 4 is 17.7 Å². The van der Waals surface area contributed by atoms with E-state index in [0.29, 0.717) is 17.8 Å². The third-order valence-corrected chi connectivity index (χ3v) is 3.89. The first kappa shape index (κ1) is 19.0. The molecule has 2 N–H and O–H groups in total. The van der Waals surface area contributed by atoms with E-state index in [1.165, 1.54) is 18.4 Å². The van der Waals surface area contributed by atoms with Gasteiger partial charge in [0.05, 0.1) is 0 Å². The molecule has 1 aromatic carbocycles. The Morgan fingerprint density at radius 3 is 2.68 bits per heavy atom. The van der Waals surface area contributed by atoms with Gasteiger partial charge in [0.15, 0.2) is 0 Å². The Kier molecular flexibility index (Phi) is 6.62. The highest BCUT2D eigenvalue weighted by atomic mass is 16.6. The van der Waals surface area contributed by atoms with Crippen LogP contribution in [-0.2, 0) is 4.74 Å². The fourth-order valence-electron chi connectivity index (χ4n) is 2.73. The normalized spacial score (nSPS) is 14.4. The van der Waals surface area contributed by atoms with E-state index in [0.717, 1.165) is 19.3 Å². The average Bonchev–Trinajstić information content (AvgIpc) is 2.54. The van der Waals surface area contributed by atoms with Gasteiger partial charge in [0.25, 0.3) is 5.91 Å². The van der Waals surface area contributed by atoms with Gasteiger partial charge in [0.1, 0.15) is 5.60 Å². The minimum absolute atomic E-state index is 0.135. The highest BCUT2D eigenvalue weighted by Gasteiger charge is 2.16. The third-order valence-electron chi connectivity index (χ3n) is 3.89. The number of nitrogens with one attached hydrogen (secondary N) is 2. The second-order valence-corrected chi connectivity index (χ2v) is 7.32. The standard InChI is InChI=1S/C20H28N2O3/c1-20(2,3)25-19(24)22-17-11-7-10-16(14-17)18(23)21-13-12-15-8-5-4-6-9-15/h7-8,10-11,14H,4-6,9,12-13H2,1-3H3,(H,21,23)(H,22,24). The van der Waals surface area contributed by atoms with Crippen molar-refractivity contribution in [3.05, 3.63) is 41.5 Å². The number of hydrogen-bond donors (Lipinski definition) is 2. The smallest absolute Gasteiger partial charge is 0.412 e. The average molecular weight is 344 g/mol. The van der Waals surface area contributed by atoms with Gasteiger partial charge in [-0.05, 0) is 71.1 Å². The first-order valence-electron chi connectivity index (χ1n) is 8.90. The van der Waals surface area contributed by atoms with Gasteiger partial charge in [-0.15, -0.1) is 0 Å². The van der Waals surface area contributed by atoms with Crippen molar-refractivity contribution < 1.29 is 14.3 Å². The van der Waals surface area contributed by atoms with Crippen molar-refractivity contribution in [3.8, 4) is 0 Å². The number of carbonyl (C=O) groups is 2. The number of anilines is 1. The summed E-state index contributed by atoms with van der Waals surface area (Å²) in [6.07, 6.45) is 7.48. The lowest BCUT2D eigenvalue weighted by molar-refractivity contribution is 0.0635. The number of rotatable bonds is 5. The third kappa shape index (κ3) is 6.99. The number of amides is 2. The summed E-state index contributed by atoms with van der Waals surface area (Å²) in [5.74, 6) is -0.135. The van der Waals surface area contributed by atoms with Crippen molar-refractivity contribution in [2.45, 2.75) is 58.5 Å². The van der Waals surface area contributed by atoms with Gasteiger partial charge in [-0.25, -0.2) is 4.79 Å². The Morgan fingerprint density at radius 2 is 2.00 bits per heavy atom. The molecule has 136 valence electrons. The number of ether oxygens (including phenoxy) is 1. The Bertz CT molecular complexity index is 645. The molecule has 5 heteroatoms. The molecule has 0 radical (unpaired) electrons. The van der Waals surface area contributed by atoms with Gasteiger partial charge in [0.2, 0.25) is 0 Å². The molecule has 0 fully saturated rings. The molecule has 25 heavy (non-hydrogen) atoms. The largest absolute Gasteiger partial charge is 0.444 e. The minimum atomic E-state index is -0.563. The molecular formula is C20H28N2O3. The highest BCUT2D eigenvalue weighted by Crippen LogP contribution is 2.19. The van der Waals surface area contributed by atoms with Crippen molar-refractivity contribution in [2.24, 2.45) is 0 Å². The summed E-state index contributed by atoms with van der Waals surface area (Å²) in [4.78, 5) is 24.1. The van der Waals surface area contributed by atoms with Crippen molar-refractivity contribution in [3.63, 3.8) is 0 Å². The first-order valence-corrected chi connectivity index (χ1v) is 8.90. The molecular weight excluding hydrogens is 316 g/mol. The molecule has 0 aliphatic heterocycles. The van der Waals surface area contributed by atoms with E-state index in [4.69, 9.17) is 4.74 Å². The van der Waals surface area contributed by atoms with E-state index >= 15 is 0 Å². The number of hydrogen-bond acceptors (Lipinski definition) is 3. The van der Waals surface area contributed by atoms with Gasteiger partial charge in [-0.3, -0.25) is 10.1 Å². The van der Waals surface area contributed by atoms with Crippen LogP contribution in [0.5, 0.6) is 0 Å². The van der Waals surface area contributed by atoms with E-state index in [1.807, 2.05) is 0 Å². The van der Waals surface area contributed by atoms with Gasteiger partial charge in [0, 0.05) is 17.8 Å². The maximum Gasteiger partial charge on any atom is 0.412 e. The highest BCUT2D eigenvalue weighted by molar-refractivity contribution is 5.96. The summed E-state index contributed by atoms with van der Waals surface area (Å²) in [6.45, 7) is 6.04. The molecule has 5 nitrogen and oxygen atoms in total.